The van der Waals surface area contributed by atoms with Crippen molar-refractivity contribution < 1.29 is 9.53 Å². The summed E-state index contributed by atoms with van der Waals surface area (Å²) in [6.07, 6.45) is 7.87. The number of imidazole rings is 1. The summed E-state index contributed by atoms with van der Waals surface area (Å²) >= 11 is 0. The lowest BCUT2D eigenvalue weighted by Gasteiger charge is -2.33. The van der Waals surface area contributed by atoms with Crippen LogP contribution in [0.1, 0.15) is 53.6 Å². The average Bonchev–Trinajstić information content (AvgIpc) is 3.09. The number of likely N-dealkylation sites (tertiary alicyclic amines) is 1. The van der Waals surface area contributed by atoms with Crippen molar-refractivity contribution in [3.63, 3.8) is 0 Å². The van der Waals surface area contributed by atoms with Gasteiger partial charge in [0.15, 0.2) is 0 Å². The van der Waals surface area contributed by atoms with Gasteiger partial charge in [-0.3, -0.25) is 9.78 Å². The summed E-state index contributed by atoms with van der Waals surface area (Å²) in [5.41, 5.74) is 1.78. The molecule has 144 valence electrons. The molecule has 0 radical (unpaired) electrons. The second kappa shape index (κ2) is 8.21. The van der Waals surface area contributed by atoms with E-state index in [2.05, 4.69) is 16.5 Å². The van der Waals surface area contributed by atoms with Gasteiger partial charge in [0.05, 0.1) is 0 Å². The Hall–Kier alpha value is -2.21. The number of rotatable bonds is 4. The standard InChI is InChI=1S/C21H28N4O2/c1-16-14-23-20(18-7-12-27-13-8-18)25(16)15-17-5-10-24(11-6-17)21(26)19-4-2-3-9-22-19/h2-4,9,14,17-18H,5-8,10-13,15H2,1H3. The Morgan fingerprint density at radius 1 is 1.15 bits per heavy atom. The Kier molecular flexibility index (Phi) is 5.53. The van der Waals surface area contributed by atoms with Crippen LogP contribution in [-0.2, 0) is 11.3 Å². The fourth-order valence-corrected chi connectivity index (χ4v) is 4.23. The molecule has 4 heterocycles. The molecule has 2 aliphatic heterocycles. The van der Waals surface area contributed by atoms with E-state index in [1.54, 1.807) is 12.3 Å². The number of nitrogens with zero attached hydrogens (tertiary/aromatic N) is 4. The number of carbonyl (C=O) groups excluding carboxylic acids is 1. The molecule has 2 saturated heterocycles. The van der Waals surface area contributed by atoms with Gasteiger partial charge in [-0.25, -0.2) is 4.98 Å². The minimum Gasteiger partial charge on any atom is -0.381 e. The minimum atomic E-state index is 0.0516. The van der Waals surface area contributed by atoms with Crippen LogP contribution in [0.25, 0.3) is 0 Å². The third kappa shape index (κ3) is 4.05. The first-order valence-electron chi connectivity index (χ1n) is 10.0. The zero-order chi connectivity index (χ0) is 18.6. The SMILES string of the molecule is Cc1cnc(C2CCOCC2)n1CC1CCN(C(=O)c2ccccn2)CC1. The Balaban J connectivity index is 1.37. The first-order chi connectivity index (χ1) is 13.2. The number of amides is 1. The van der Waals surface area contributed by atoms with Gasteiger partial charge in [-0.15, -0.1) is 0 Å². The van der Waals surface area contributed by atoms with Crippen molar-refractivity contribution in [3.05, 3.63) is 47.8 Å². The number of aromatic nitrogens is 3. The lowest BCUT2D eigenvalue weighted by Crippen LogP contribution is -2.39. The third-order valence-corrected chi connectivity index (χ3v) is 5.90. The number of carbonyl (C=O) groups is 1. The maximum atomic E-state index is 12.6. The van der Waals surface area contributed by atoms with Crippen LogP contribution in [0.5, 0.6) is 0 Å². The van der Waals surface area contributed by atoms with E-state index < -0.39 is 0 Å². The van der Waals surface area contributed by atoms with Gasteiger partial charge < -0.3 is 14.2 Å². The molecule has 4 rings (SSSR count). The lowest BCUT2D eigenvalue weighted by atomic mass is 9.95. The van der Waals surface area contributed by atoms with Crippen molar-refractivity contribution in [1.82, 2.24) is 19.4 Å². The number of aryl methyl sites for hydroxylation is 1. The highest BCUT2D eigenvalue weighted by Gasteiger charge is 2.27. The third-order valence-electron chi connectivity index (χ3n) is 5.90. The first kappa shape index (κ1) is 18.2. The average molecular weight is 368 g/mol. The molecule has 0 bridgehead atoms. The van der Waals surface area contributed by atoms with Gasteiger partial charge in [-0.2, -0.15) is 0 Å². The summed E-state index contributed by atoms with van der Waals surface area (Å²) in [4.78, 5) is 23.4. The van der Waals surface area contributed by atoms with E-state index in [-0.39, 0.29) is 5.91 Å². The quantitative estimate of drug-likeness (QED) is 0.832. The Labute approximate surface area is 160 Å². The highest BCUT2D eigenvalue weighted by atomic mass is 16.5. The van der Waals surface area contributed by atoms with Crippen molar-refractivity contribution >= 4 is 5.91 Å². The van der Waals surface area contributed by atoms with E-state index in [4.69, 9.17) is 9.72 Å². The van der Waals surface area contributed by atoms with Crippen LogP contribution < -0.4 is 0 Å². The number of pyridine rings is 1. The normalized spacial score (nSPS) is 19.4. The lowest BCUT2D eigenvalue weighted by molar-refractivity contribution is 0.0674. The van der Waals surface area contributed by atoms with Crippen LogP contribution in [0.15, 0.2) is 30.6 Å². The molecule has 0 spiro atoms. The van der Waals surface area contributed by atoms with E-state index in [1.807, 2.05) is 23.2 Å². The smallest absolute Gasteiger partial charge is 0.272 e. The molecule has 0 N–H and O–H groups in total. The molecule has 27 heavy (non-hydrogen) atoms. The van der Waals surface area contributed by atoms with Gasteiger partial charge in [-0.05, 0) is 50.7 Å². The summed E-state index contributed by atoms with van der Waals surface area (Å²) in [6.45, 7) is 6.44. The number of ether oxygens (including phenoxy) is 1. The van der Waals surface area contributed by atoms with Crippen molar-refractivity contribution in [2.24, 2.45) is 5.92 Å². The molecule has 0 unspecified atom stereocenters. The maximum Gasteiger partial charge on any atom is 0.272 e. The van der Waals surface area contributed by atoms with Crippen molar-refractivity contribution in [1.29, 1.82) is 0 Å². The predicted octanol–water partition coefficient (Wildman–Crippen LogP) is 3.03. The highest BCUT2D eigenvalue weighted by Crippen LogP contribution is 2.29. The second-order valence-corrected chi connectivity index (χ2v) is 7.71. The molecule has 0 aliphatic carbocycles. The van der Waals surface area contributed by atoms with E-state index in [0.29, 0.717) is 17.5 Å². The topological polar surface area (TPSA) is 60.2 Å². The first-order valence-corrected chi connectivity index (χ1v) is 10.0. The molecule has 1 amide bonds. The van der Waals surface area contributed by atoms with Gasteiger partial charge in [0.25, 0.3) is 5.91 Å². The molecule has 2 fully saturated rings. The van der Waals surface area contributed by atoms with Gasteiger partial charge >= 0.3 is 0 Å². The van der Waals surface area contributed by atoms with Crippen LogP contribution >= 0.6 is 0 Å². The summed E-state index contributed by atoms with van der Waals surface area (Å²) in [6, 6.07) is 5.50. The molecule has 6 nitrogen and oxygen atoms in total. The van der Waals surface area contributed by atoms with E-state index in [1.165, 1.54) is 11.5 Å². The van der Waals surface area contributed by atoms with Gasteiger partial charge in [0, 0.05) is 56.9 Å². The minimum absolute atomic E-state index is 0.0516. The molecule has 6 heteroatoms. The largest absolute Gasteiger partial charge is 0.381 e. The van der Waals surface area contributed by atoms with E-state index in [0.717, 1.165) is 58.5 Å². The van der Waals surface area contributed by atoms with Crippen LogP contribution in [0, 0.1) is 12.8 Å². The Morgan fingerprint density at radius 2 is 1.93 bits per heavy atom. The molecule has 2 aromatic rings. The van der Waals surface area contributed by atoms with Crippen molar-refractivity contribution in [2.45, 2.75) is 45.1 Å². The van der Waals surface area contributed by atoms with Gasteiger partial charge in [0.2, 0.25) is 0 Å². The molecule has 2 aliphatic rings. The Morgan fingerprint density at radius 3 is 2.63 bits per heavy atom. The van der Waals surface area contributed by atoms with Crippen LogP contribution in [-0.4, -0.2) is 51.6 Å². The fraction of sp³-hybridized carbons (Fsp3) is 0.571. The van der Waals surface area contributed by atoms with Crippen molar-refractivity contribution in [3.8, 4) is 0 Å². The summed E-state index contributed by atoms with van der Waals surface area (Å²) in [7, 11) is 0. The summed E-state index contributed by atoms with van der Waals surface area (Å²) < 4.78 is 7.92. The zero-order valence-corrected chi connectivity index (χ0v) is 16.0. The molecule has 0 aromatic carbocycles. The van der Waals surface area contributed by atoms with Gasteiger partial charge in [0.1, 0.15) is 11.5 Å². The number of hydrogen-bond donors (Lipinski definition) is 0. The number of piperidine rings is 1. The van der Waals surface area contributed by atoms with E-state index >= 15 is 0 Å². The fourth-order valence-electron chi connectivity index (χ4n) is 4.23. The van der Waals surface area contributed by atoms with Gasteiger partial charge in [-0.1, -0.05) is 6.07 Å². The van der Waals surface area contributed by atoms with E-state index in [9.17, 15) is 4.79 Å². The summed E-state index contributed by atoms with van der Waals surface area (Å²) in [5, 5.41) is 0. The van der Waals surface area contributed by atoms with Crippen LogP contribution in [0.3, 0.4) is 0 Å². The summed E-state index contributed by atoms with van der Waals surface area (Å²) in [5.74, 6) is 2.38. The van der Waals surface area contributed by atoms with Crippen molar-refractivity contribution in [2.75, 3.05) is 26.3 Å². The predicted molar refractivity (Wildman–Crippen MR) is 103 cm³/mol. The Bertz CT molecular complexity index is 760. The monoisotopic (exact) mass is 368 g/mol. The zero-order valence-electron chi connectivity index (χ0n) is 16.0. The molecule has 0 saturated carbocycles. The molecular weight excluding hydrogens is 340 g/mol. The second-order valence-electron chi connectivity index (χ2n) is 7.71. The molecule has 2 aromatic heterocycles. The molecular formula is C21H28N4O2. The molecule has 0 atom stereocenters. The van der Waals surface area contributed by atoms with Crippen LogP contribution in [0.2, 0.25) is 0 Å². The number of hydrogen-bond acceptors (Lipinski definition) is 4. The highest BCUT2D eigenvalue weighted by molar-refractivity contribution is 5.92. The van der Waals surface area contributed by atoms with Crippen LogP contribution in [0.4, 0.5) is 0 Å². The maximum absolute atomic E-state index is 12.6.